The Bertz CT molecular complexity index is 909. The van der Waals surface area contributed by atoms with Crippen LogP contribution in [-0.2, 0) is 4.79 Å². The third-order valence-corrected chi connectivity index (χ3v) is 4.22. The second kappa shape index (κ2) is 7.83. The Morgan fingerprint density at radius 3 is 2.38 bits per heavy atom. The van der Waals surface area contributed by atoms with Gasteiger partial charge in [0.15, 0.2) is 0 Å². The van der Waals surface area contributed by atoms with Crippen molar-refractivity contribution < 1.29 is 9.18 Å². The molecule has 0 radical (unpaired) electrons. The van der Waals surface area contributed by atoms with E-state index < -0.39 is 6.04 Å². The van der Waals surface area contributed by atoms with Crippen LogP contribution < -0.4 is 10.6 Å². The van der Waals surface area contributed by atoms with Crippen LogP contribution in [0.25, 0.3) is 11.1 Å². The summed E-state index contributed by atoms with van der Waals surface area (Å²) in [5.41, 5.74) is 3.88. The summed E-state index contributed by atoms with van der Waals surface area (Å²) in [5, 5.41) is 6.00. The summed E-state index contributed by atoms with van der Waals surface area (Å²) < 4.78 is 13.7. The molecule has 132 valence electrons. The van der Waals surface area contributed by atoms with Crippen LogP contribution in [0.3, 0.4) is 0 Å². The Morgan fingerprint density at radius 2 is 1.65 bits per heavy atom. The minimum atomic E-state index is -0.513. The van der Waals surface area contributed by atoms with Crippen LogP contribution in [-0.4, -0.2) is 11.9 Å². The van der Waals surface area contributed by atoms with Gasteiger partial charge in [0, 0.05) is 16.9 Å². The van der Waals surface area contributed by atoms with E-state index in [2.05, 4.69) is 10.6 Å². The highest BCUT2D eigenvalue weighted by Crippen LogP contribution is 2.27. The lowest BCUT2D eigenvalue weighted by Gasteiger charge is -2.17. The second-order valence-corrected chi connectivity index (χ2v) is 6.23. The first kappa shape index (κ1) is 17.7. The van der Waals surface area contributed by atoms with Gasteiger partial charge in [-0.15, -0.1) is 0 Å². The molecular weight excluding hydrogens is 327 g/mol. The number of carbonyl (C=O) groups is 1. The zero-order valence-corrected chi connectivity index (χ0v) is 14.8. The van der Waals surface area contributed by atoms with Gasteiger partial charge in [0.1, 0.15) is 11.9 Å². The molecule has 0 aliphatic carbocycles. The molecule has 0 saturated carbocycles. The zero-order chi connectivity index (χ0) is 18.5. The fourth-order valence-electron chi connectivity index (χ4n) is 2.70. The molecule has 3 aromatic carbocycles. The molecule has 1 atom stereocenters. The minimum Gasteiger partial charge on any atom is -0.374 e. The van der Waals surface area contributed by atoms with Crippen molar-refractivity contribution in [3.8, 4) is 11.1 Å². The predicted octanol–water partition coefficient (Wildman–Crippen LogP) is 5.24. The molecule has 2 N–H and O–H groups in total. The SMILES string of the molecule is Cc1ccc(N[C@@H](C)C(=O)Nc2ccccc2-c2ccccc2)cc1F. The summed E-state index contributed by atoms with van der Waals surface area (Å²) in [5.74, 6) is -0.480. The van der Waals surface area contributed by atoms with Gasteiger partial charge < -0.3 is 10.6 Å². The van der Waals surface area contributed by atoms with Crippen LogP contribution in [0.4, 0.5) is 15.8 Å². The van der Waals surface area contributed by atoms with E-state index in [1.54, 1.807) is 26.0 Å². The number of aryl methyl sites for hydroxylation is 1. The average molecular weight is 348 g/mol. The molecule has 26 heavy (non-hydrogen) atoms. The van der Waals surface area contributed by atoms with Crippen molar-refractivity contribution in [3.05, 3.63) is 84.2 Å². The number of hydrogen-bond donors (Lipinski definition) is 2. The molecule has 0 aliphatic rings. The molecule has 0 spiro atoms. The molecule has 0 fully saturated rings. The molecule has 1 amide bonds. The smallest absolute Gasteiger partial charge is 0.246 e. The maximum Gasteiger partial charge on any atom is 0.246 e. The van der Waals surface area contributed by atoms with E-state index in [4.69, 9.17) is 0 Å². The predicted molar refractivity (Wildman–Crippen MR) is 105 cm³/mol. The lowest BCUT2D eigenvalue weighted by Crippen LogP contribution is -2.32. The number of hydrogen-bond acceptors (Lipinski definition) is 2. The Hall–Kier alpha value is -3.14. The monoisotopic (exact) mass is 348 g/mol. The molecular formula is C22H21FN2O. The lowest BCUT2D eigenvalue weighted by molar-refractivity contribution is -0.116. The van der Waals surface area contributed by atoms with E-state index >= 15 is 0 Å². The van der Waals surface area contributed by atoms with E-state index in [1.165, 1.54) is 6.07 Å². The van der Waals surface area contributed by atoms with Gasteiger partial charge in [0.25, 0.3) is 0 Å². The first-order valence-electron chi connectivity index (χ1n) is 8.52. The van der Waals surface area contributed by atoms with E-state index in [9.17, 15) is 9.18 Å². The molecule has 0 unspecified atom stereocenters. The van der Waals surface area contributed by atoms with Gasteiger partial charge in [0.2, 0.25) is 5.91 Å². The summed E-state index contributed by atoms with van der Waals surface area (Å²) in [4.78, 5) is 12.6. The highest BCUT2D eigenvalue weighted by atomic mass is 19.1. The summed E-state index contributed by atoms with van der Waals surface area (Å²) in [6, 6.07) is 21.9. The third-order valence-electron chi connectivity index (χ3n) is 4.22. The maximum atomic E-state index is 13.7. The highest BCUT2D eigenvalue weighted by Gasteiger charge is 2.15. The molecule has 0 bridgehead atoms. The first-order valence-corrected chi connectivity index (χ1v) is 8.52. The fourth-order valence-corrected chi connectivity index (χ4v) is 2.70. The molecule has 4 heteroatoms. The molecule has 0 aromatic heterocycles. The van der Waals surface area contributed by atoms with Crippen molar-refractivity contribution >= 4 is 17.3 Å². The van der Waals surface area contributed by atoms with Crippen LogP contribution in [0.1, 0.15) is 12.5 Å². The van der Waals surface area contributed by atoms with Crippen LogP contribution in [0.2, 0.25) is 0 Å². The fraction of sp³-hybridized carbons (Fsp3) is 0.136. The van der Waals surface area contributed by atoms with Gasteiger partial charge in [-0.25, -0.2) is 4.39 Å². The Balaban J connectivity index is 1.74. The Morgan fingerprint density at radius 1 is 0.962 bits per heavy atom. The van der Waals surface area contributed by atoms with E-state index in [-0.39, 0.29) is 11.7 Å². The molecule has 3 rings (SSSR count). The van der Waals surface area contributed by atoms with Crippen molar-refractivity contribution in [1.82, 2.24) is 0 Å². The number of benzene rings is 3. The number of carbonyl (C=O) groups excluding carboxylic acids is 1. The largest absolute Gasteiger partial charge is 0.374 e. The quantitative estimate of drug-likeness (QED) is 0.662. The van der Waals surface area contributed by atoms with Crippen molar-refractivity contribution in [2.24, 2.45) is 0 Å². The van der Waals surface area contributed by atoms with Gasteiger partial charge in [-0.1, -0.05) is 54.6 Å². The average Bonchev–Trinajstić information content (AvgIpc) is 2.66. The van der Waals surface area contributed by atoms with Gasteiger partial charge >= 0.3 is 0 Å². The molecule has 0 saturated heterocycles. The zero-order valence-electron chi connectivity index (χ0n) is 14.8. The number of amides is 1. The van der Waals surface area contributed by atoms with Crippen molar-refractivity contribution in [2.45, 2.75) is 19.9 Å². The van der Waals surface area contributed by atoms with E-state index in [0.29, 0.717) is 11.3 Å². The molecule has 0 heterocycles. The number of halogens is 1. The summed E-state index contributed by atoms with van der Waals surface area (Å²) >= 11 is 0. The number of para-hydroxylation sites is 1. The molecule has 0 aliphatic heterocycles. The van der Waals surface area contributed by atoms with Crippen LogP contribution in [0.15, 0.2) is 72.8 Å². The lowest BCUT2D eigenvalue weighted by atomic mass is 10.0. The van der Waals surface area contributed by atoms with Crippen molar-refractivity contribution in [2.75, 3.05) is 10.6 Å². The molecule has 3 nitrogen and oxygen atoms in total. The number of rotatable bonds is 5. The third kappa shape index (κ3) is 4.09. The summed E-state index contributed by atoms with van der Waals surface area (Å²) in [7, 11) is 0. The Labute approximate surface area is 152 Å². The number of nitrogens with one attached hydrogen (secondary N) is 2. The maximum absolute atomic E-state index is 13.7. The van der Waals surface area contributed by atoms with E-state index in [0.717, 1.165) is 16.8 Å². The van der Waals surface area contributed by atoms with Crippen molar-refractivity contribution in [1.29, 1.82) is 0 Å². The molecule has 3 aromatic rings. The second-order valence-electron chi connectivity index (χ2n) is 6.23. The normalized spacial score (nSPS) is 11.7. The van der Waals surface area contributed by atoms with Crippen LogP contribution in [0.5, 0.6) is 0 Å². The number of anilines is 2. The summed E-state index contributed by atoms with van der Waals surface area (Å²) in [6.45, 7) is 3.45. The Kier molecular flexibility index (Phi) is 5.32. The topological polar surface area (TPSA) is 41.1 Å². The minimum absolute atomic E-state index is 0.186. The standard InChI is InChI=1S/C22H21FN2O/c1-15-12-13-18(14-20(15)23)24-16(2)22(26)25-21-11-7-6-10-19(21)17-8-4-3-5-9-17/h3-14,16,24H,1-2H3,(H,25,26)/t16-/m0/s1. The van der Waals surface area contributed by atoms with Gasteiger partial charge in [0.05, 0.1) is 0 Å². The summed E-state index contributed by atoms with van der Waals surface area (Å²) in [6.07, 6.45) is 0. The van der Waals surface area contributed by atoms with Crippen LogP contribution >= 0.6 is 0 Å². The van der Waals surface area contributed by atoms with Crippen molar-refractivity contribution in [3.63, 3.8) is 0 Å². The van der Waals surface area contributed by atoms with Gasteiger partial charge in [-0.05, 0) is 43.2 Å². The van der Waals surface area contributed by atoms with Gasteiger partial charge in [-0.3, -0.25) is 4.79 Å². The first-order chi connectivity index (χ1) is 12.5. The highest BCUT2D eigenvalue weighted by molar-refractivity contribution is 5.99. The van der Waals surface area contributed by atoms with Crippen LogP contribution in [0, 0.1) is 12.7 Å². The van der Waals surface area contributed by atoms with Gasteiger partial charge in [-0.2, -0.15) is 0 Å². The van der Waals surface area contributed by atoms with E-state index in [1.807, 2.05) is 54.6 Å².